The van der Waals surface area contributed by atoms with Crippen molar-refractivity contribution >= 4 is 30.5 Å². The zero-order chi connectivity index (χ0) is 37.7. The van der Waals surface area contributed by atoms with Gasteiger partial charge in [0.25, 0.3) is 8.32 Å². The second kappa shape index (κ2) is 14.6. The molecule has 3 saturated heterocycles. The fourth-order valence-corrected chi connectivity index (χ4v) is 14.7. The lowest BCUT2D eigenvalue weighted by atomic mass is 9.64. The van der Waals surface area contributed by atoms with Gasteiger partial charge in [-0.25, -0.2) is 0 Å². The van der Waals surface area contributed by atoms with Crippen LogP contribution in [0.15, 0.2) is 108 Å². The first-order valence-electron chi connectivity index (χ1n) is 19.5. The molecule has 1 aliphatic carbocycles. The van der Waals surface area contributed by atoms with E-state index in [4.69, 9.17) is 13.6 Å². The predicted molar refractivity (Wildman–Crippen MR) is 207 cm³/mol. The predicted octanol–water partition coefficient (Wildman–Crippen LogP) is 5.40. The lowest BCUT2D eigenvalue weighted by Crippen LogP contribution is -2.67. The zero-order valence-electron chi connectivity index (χ0n) is 31.5. The maximum Gasteiger partial charge on any atom is 0.261 e. The molecule has 0 spiro atoms. The van der Waals surface area contributed by atoms with E-state index in [-0.39, 0.29) is 42.5 Å². The molecule has 3 aromatic carbocycles. The molecule has 10 heteroatoms. The maximum absolute atomic E-state index is 14.6. The number of carbonyl (C=O) groups excluding carboxylic acids is 2. The maximum atomic E-state index is 14.6. The lowest BCUT2D eigenvalue weighted by Gasteiger charge is -2.48. The van der Waals surface area contributed by atoms with Crippen molar-refractivity contribution in [1.29, 1.82) is 0 Å². The van der Waals surface area contributed by atoms with Crippen LogP contribution in [0.2, 0.25) is 5.04 Å². The van der Waals surface area contributed by atoms with Crippen LogP contribution in [-0.2, 0) is 31.9 Å². The number of carbonyl (C=O) groups is 2. The summed E-state index contributed by atoms with van der Waals surface area (Å²) < 4.78 is 20.0. The van der Waals surface area contributed by atoms with Crippen LogP contribution in [0, 0.1) is 23.7 Å². The Morgan fingerprint density at radius 3 is 2.02 bits per heavy atom. The molecule has 54 heavy (non-hydrogen) atoms. The molecule has 4 heterocycles. The van der Waals surface area contributed by atoms with Crippen LogP contribution in [0.5, 0.6) is 0 Å². The summed E-state index contributed by atoms with van der Waals surface area (Å²) in [6.07, 6.45) is 1.38. The van der Waals surface area contributed by atoms with Gasteiger partial charge < -0.3 is 23.8 Å². The Labute approximate surface area is 319 Å². The smallest absolute Gasteiger partial charge is 0.261 e. The molecule has 0 bridgehead atoms. The number of likely N-dealkylation sites (tertiary alicyclic amines) is 2. The van der Waals surface area contributed by atoms with Crippen molar-refractivity contribution in [3.8, 4) is 0 Å². The van der Waals surface area contributed by atoms with Crippen molar-refractivity contribution in [2.45, 2.75) is 82.6 Å². The van der Waals surface area contributed by atoms with Gasteiger partial charge in [0.05, 0.1) is 11.8 Å². The molecular formula is C44H52N2O7Si. The third-order valence-corrected chi connectivity index (χ3v) is 17.6. The highest BCUT2D eigenvalue weighted by molar-refractivity contribution is 6.99. The number of amides is 2. The number of aliphatic hydroxyl groups is 2. The van der Waals surface area contributed by atoms with Crippen molar-refractivity contribution in [2.75, 3.05) is 19.7 Å². The van der Waals surface area contributed by atoms with Crippen molar-refractivity contribution in [2.24, 2.45) is 23.7 Å². The van der Waals surface area contributed by atoms with Gasteiger partial charge in [-0.1, -0.05) is 112 Å². The van der Waals surface area contributed by atoms with E-state index >= 15 is 0 Å². The van der Waals surface area contributed by atoms with Crippen LogP contribution in [0.1, 0.15) is 69.6 Å². The number of fused-ring (bicyclic) bond motifs is 3. The van der Waals surface area contributed by atoms with E-state index < -0.39 is 43.9 Å². The second-order valence-corrected chi connectivity index (χ2v) is 21.0. The van der Waals surface area contributed by atoms with E-state index in [1.165, 1.54) is 5.56 Å². The standard InChI is InChI=1S/C44H52N2O7Si/c1-43(2,3)54(34-15-9-5-10-16-34,35-17-11-6-12-18-35)51-29-31-25-36-40(37-26-39(53-44(31,37)50)38-20-19-33(28-47)52-38)42(49)46(41(36)48)32-21-23-45(24-22-32)27-30-13-7-4-8-14-30/h4-20,31-32,36-37,39-40,47,50H,21-29H2,1-3H3/t31-,36+,37+,39+,40+,44-/m1/s1. The summed E-state index contributed by atoms with van der Waals surface area (Å²) in [6, 6.07) is 34.4. The summed E-state index contributed by atoms with van der Waals surface area (Å²) in [4.78, 5) is 33.1. The van der Waals surface area contributed by atoms with Gasteiger partial charge in [-0.15, -0.1) is 0 Å². The van der Waals surface area contributed by atoms with Crippen molar-refractivity contribution in [3.05, 3.63) is 120 Å². The number of aliphatic hydroxyl groups excluding tert-OH is 1. The van der Waals surface area contributed by atoms with Crippen molar-refractivity contribution in [1.82, 2.24) is 9.80 Å². The van der Waals surface area contributed by atoms with E-state index in [1.54, 1.807) is 17.0 Å². The largest absolute Gasteiger partial charge is 0.461 e. The summed E-state index contributed by atoms with van der Waals surface area (Å²) in [5, 5.41) is 24.5. The average molecular weight is 749 g/mol. The van der Waals surface area contributed by atoms with Gasteiger partial charge >= 0.3 is 0 Å². The van der Waals surface area contributed by atoms with Crippen LogP contribution in [0.25, 0.3) is 0 Å². The minimum absolute atomic E-state index is 0.131. The number of furan rings is 1. The Bertz CT molecular complexity index is 1880. The van der Waals surface area contributed by atoms with Gasteiger partial charge in [0.1, 0.15) is 24.2 Å². The van der Waals surface area contributed by atoms with Crippen LogP contribution in [-0.4, -0.2) is 71.7 Å². The number of piperidine rings is 1. The molecule has 4 aromatic rings. The lowest BCUT2D eigenvalue weighted by molar-refractivity contribution is -0.274. The van der Waals surface area contributed by atoms with Gasteiger partial charge in [0.2, 0.25) is 11.8 Å². The molecular weight excluding hydrogens is 697 g/mol. The fourth-order valence-electron chi connectivity index (χ4n) is 10.1. The Morgan fingerprint density at radius 2 is 1.44 bits per heavy atom. The molecule has 2 N–H and O–H groups in total. The van der Waals surface area contributed by atoms with Gasteiger partial charge in [0, 0.05) is 44.1 Å². The van der Waals surface area contributed by atoms with Crippen LogP contribution in [0.3, 0.4) is 0 Å². The molecule has 1 saturated carbocycles. The number of hydrogen-bond acceptors (Lipinski definition) is 8. The van der Waals surface area contributed by atoms with Gasteiger partial charge in [-0.05, 0) is 58.8 Å². The van der Waals surface area contributed by atoms with E-state index in [9.17, 15) is 19.8 Å². The number of hydrogen-bond donors (Lipinski definition) is 2. The quantitative estimate of drug-likeness (QED) is 0.164. The molecule has 6 atom stereocenters. The van der Waals surface area contributed by atoms with Crippen LogP contribution < -0.4 is 10.4 Å². The molecule has 284 valence electrons. The highest BCUT2D eigenvalue weighted by Crippen LogP contribution is 2.59. The second-order valence-electron chi connectivity index (χ2n) is 16.7. The molecule has 9 nitrogen and oxygen atoms in total. The molecule has 2 amide bonds. The fraction of sp³-hybridized carbons (Fsp3) is 0.455. The third-order valence-electron chi connectivity index (χ3n) is 12.6. The highest BCUT2D eigenvalue weighted by atomic mass is 28.4. The first kappa shape index (κ1) is 37.0. The number of imide groups is 1. The molecule has 0 radical (unpaired) electrons. The summed E-state index contributed by atoms with van der Waals surface area (Å²) in [6.45, 7) is 8.97. The van der Waals surface area contributed by atoms with Gasteiger partial charge in [0.15, 0.2) is 5.79 Å². The summed E-state index contributed by atoms with van der Waals surface area (Å²) in [5.41, 5.74) is 1.25. The van der Waals surface area contributed by atoms with Gasteiger partial charge in [-0.3, -0.25) is 19.4 Å². The summed E-state index contributed by atoms with van der Waals surface area (Å²) >= 11 is 0. The van der Waals surface area contributed by atoms with E-state index in [1.807, 2.05) is 54.6 Å². The number of ether oxygens (including phenoxy) is 1. The average Bonchev–Trinajstić information content (AvgIpc) is 3.87. The van der Waals surface area contributed by atoms with E-state index in [0.29, 0.717) is 30.8 Å². The van der Waals surface area contributed by atoms with Crippen LogP contribution >= 0.6 is 0 Å². The highest BCUT2D eigenvalue weighted by Gasteiger charge is 2.68. The van der Waals surface area contributed by atoms with E-state index in [2.05, 4.69) is 62.1 Å². The summed E-state index contributed by atoms with van der Waals surface area (Å²) in [5.74, 6) is -3.69. The van der Waals surface area contributed by atoms with Crippen molar-refractivity contribution in [3.63, 3.8) is 0 Å². The van der Waals surface area contributed by atoms with Crippen molar-refractivity contribution < 1.29 is 33.4 Å². The molecule has 0 unspecified atom stereocenters. The molecule has 1 aromatic heterocycles. The first-order chi connectivity index (χ1) is 26.0. The van der Waals surface area contributed by atoms with Crippen LogP contribution in [0.4, 0.5) is 0 Å². The number of nitrogens with zero attached hydrogens (tertiary/aromatic N) is 2. The third kappa shape index (κ3) is 6.40. The Balaban J connectivity index is 1.11. The Morgan fingerprint density at radius 1 is 0.833 bits per heavy atom. The molecule has 8 rings (SSSR count). The SMILES string of the molecule is CC(C)(C)[Si](OC[C@H]1C[C@@H]2C(=O)N(C3CCN(Cc4ccccc4)CC3)C(=O)[C@@H]2[C@@H]2C[C@@H](c3ccc(CO)o3)O[C@]12O)(c1ccccc1)c1ccccc1. The minimum atomic E-state index is -3.01. The number of rotatable bonds is 10. The minimum Gasteiger partial charge on any atom is -0.461 e. The Kier molecular flexibility index (Phi) is 10.0. The topological polar surface area (TPSA) is 113 Å². The Hall–Kier alpha value is -3.90. The molecule has 4 fully saturated rings. The normalized spacial score (nSPS) is 28.0. The number of benzene rings is 3. The summed E-state index contributed by atoms with van der Waals surface area (Å²) in [7, 11) is -3.01. The van der Waals surface area contributed by atoms with E-state index in [0.717, 1.165) is 30.0 Å². The van der Waals surface area contributed by atoms with Gasteiger partial charge in [-0.2, -0.15) is 0 Å². The first-order valence-corrected chi connectivity index (χ1v) is 21.4. The monoisotopic (exact) mass is 748 g/mol. The zero-order valence-corrected chi connectivity index (χ0v) is 32.5. The molecule has 4 aliphatic rings. The molecule has 3 aliphatic heterocycles.